The molecule has 0 fully saturated rings. The van der Waals surface area contributed by atoms with Gasteiger partial charge in [-0.3, -0.25) is 0 Å². The van der Waals surface area contributed by atoms with Crippen molar-refractivity contribution < 1.29 is 8.78 Å². The zero-order chi connectivity index (χ0) is 14.6. The maximum Gasteiger partial charge on any atom is 0.126 e. The summed E-state index contributed by atoms with van der Waals surface area (Å²) in [5.74, 6) is -0.766. The lowest BCUT2D eigenvalue weighted by molar-refractivity contribution is 0.437. The standard InChI is InChI=1S/C16H23F2N/c1-11(2)13(10-19-16(3,4)5)6-12-7-14(17)9-15(18)8-12/h6-9,11,19H,10H2,1-5H3/b13-6+. The quantitative estimate of drug-likeness (QED) is 0.853. The van der Waals surface area contributed by atoms with Crippen LogP contribution < -0.4 is 5.32 Å². The number of benzene rings is 1. The predicted molar refractivity (Wildman–Crippen MR) is 76.9 cm³/mol. The van der Waals surface area contributed by atoms with Crippen LogP contribution in [-0.4, -0.2) is 12.1 Å². The average molecular weight is 267 g/mol. The molecule has 0 heterocycles. The lowest BCUT2D eigenvalue weighted by atomic mass is 9.98. The first-order valence-electron chi connectivity index (χ1n) is 6.59. The van der Waals surface area contributed by atoms with E-state index in [0.29, 0.717) is 18.0 Å². The summed E-state index contributed by atoms with van der Waals surface area (Å²) >= 11 is 0. The summed E-state index contributed by atoms with van der Waals surface area (Å²) in [5.41, 5.74) is 1.71. The average Bonchev–Trinajstić information content (AvgIpc) is 2.20. The van der Waals surface area contributed by atoms with E-state index >= 15 is 0 Å². The van der Waals surface area contributed by atoms with Gasteiger partial charge in [-0.1, -0.05) is 25.5 Å². The van der Waals surface area contributed by atoms with Crippen LogP contribution in [0.1, 0.15) is 40.2 Å². The fourth-order valence-corrected chi connectivity index (χ4v) is 1.66. The van der Waals surface area contributed by atoms with Gasteiger partial charge >= 0.3 is 0 Å². The van der Waals surface area contributed by atoms with E-state index in [9.17, 15) is 8.78 Å². The van der Waals surface area contributed by atoms with Gasteiger partial charge in [0.25, 0.3) is 0 Å². The zero-order valence-electron chi connectivity index (χ0n) is 12.3. The molecule has 1 N–H and O–H groups in total. The van der Waals surface area contributed by atoms with Crippen molar-refractivity contribution in [2.75, 3.05) is 6.54 Å². The number of hydrogen-bond donors (Lipinski definition) is 1. The SMILES string of the molecule is CC(C)/C(=C/c1cc(F)cc(F)c1)CNC(C)(C)C. The molecule has 1 rings (SSSR count). The summed E-state index contributed by atoms with van der Waals surface area (Å²) in [5, 5.41) is 3.40. The van der Waals surface area contributed by atoms with Gasteiger partial charge in [0.15, 0.2) is 0 Å². The van der Waals surface area contributed by atoms with Crippen LogP contribution in [0.3, 0.4) is 0 Å². The summed E-state index contributed by atoms with van der Waals surface area (Å²) in [6.07, 6.45) is 1.86. The second kappa shape index (κ2) is 6.29. The Hall–Kier alpha value is -1.22. The van der Waals surface area contributed by atoms with Crippen LogP contribution in [-0.2, 0) is 0 Å². The molecule has 0 amide bonds. The van der Waals surface area contributed by atoms with Crippen molar-refractivity contribution in [1.29, 1.82) is 0 Å². The normalized spacial score (nSPS) is 13.2. The van der Waals surface area contributed by atoms with Crippen LogP contribution in [0.2, 0.25) is 0 Å². The van der Waals surface area contributed by atoms with E-state index in [0.717, 1.165) is 11.6 Å². The molecule has 0 saturated carbocycles. The molecule has 0 saturated heterocycles. The third kappa shape index (κ3) is 5.97. The molecule has 106 valence electrons. The third-order valence-corrected chi connectivity index (χ3v) is 2.80. The Kier molecular flexibility index (Phi) is 5.24. The van der Waals surface area contributed by atoms with Gasteiger partial charge in [0.2, 0.25) is 0 Å². The monoisotopic (exact) mass is 267 g/mol. The molecule has 19 heavy (non-hydrogen) atoms. The lowest BCUT2D eigenvalue weighted by Gasteiger charge is -2.23. The third-order valence-electron chi connectivity index (χ3n) is 2.80. The predicted octanol–water partition coefficient (Wildman–Crippen LogP) is 4.39. The highest BCUT2D eigenvalue weighted by molar-refractivity contribution is 5.53. The van der Waals surface area contributed by atoms with Crippen LogP contribution in [0.25, 0.3) is 6.08 Å². The van der Waals surface area contributed by atoms with Crippen molar-refractivity contribution >= 4 is 6.08 Å². The van der Waals surface area contributed by atoms with Gasteiger partial charge in [0.1, 0.15) is 11.6 Å². The summed E-state index contributed by atoms with van der Waals surface area (Å²) in [4.78, 5) is 0. The van der Waals surface area contributed by atoms with E-state index in [4.69, 9.17) is 0 Å². The lowest BCUT2D eigenvalue weighted by Crippen LogP contribution is -2.37. The second-order valence-corrected chi connectivity index (χ2v) is 6.18. The first-order chi connectivity index (χ1) is 8.67. The molecule has 1 nitrogen and oxygen atoms in total. The fourth-order valence-electron chi connectivity index (χ4n) is 1.66. The minimum absolute atomic E-state index is 0.0150. The first-order valence-corrected chi connectivity index (χ1v) is 6.59. The molecule has 0 atom stereocenters. The molecule has 0 aliphatic carbocycles. The van der Waals surface area contributed by atoms with E-state index in [1.807, 2.05) is 6.08 Å². The largest absolute Gasteiger partial charge is 0.308 e. The minimum Gasteiger partial charge on any atom is -0.308 e. The maximum absolute atomic E-state index is 13.2. The topological polar surface area (TPSA) is 12.0 Å². The Morgan fingerprint density at radius 1 is 1.16 bits per heavy atom. The van der Waals surface area contributed by atoms with Gasteiger partial charge in [0, 0.05) is 18.2 Å². The van der Waals surface area contributed by atoms with Crippen LogP contribution >= 0.6 is 0 Å². The minimum atomic E-state index is -0.543. The van der Waals surface area contributed by atoms with Crippen molar-refractivity contribution in [1.82, 2.24) is 5.32 Å². The summed E-state index contributed by atoms with van der Waals surface area (Å²) in [6, 6.07) is 3.59. The van der Waals surface area contributed by atoms with Crippen LogP contribution in [0, 0.1) is 17.6 Å². The number of hydrogen-bond acceptors (Lipinski definition) is 1. The Labute approximate surface area is 114 Å². The van der Waals surface area contributed by atoms with Gasteiger partial charge in [-0.15, -0.1) is 0 Å². The summed E-state index contributed by atoms with van der Waals surface area (Å²) in [6.45, 7) is 11.1. The molecule has 1 aromatic carbocycles. The molecule has 0 bridgehead atoms. The van der Waals surface area contributed by atoms with E-state index in [1.54, 1.807) is 0 Å². The van der Waals surface area contributed by atoms with E-state index < -0.39 is 11.6 Å². The Balaban J connectivity index is 2.94. The molecular weight excluding hydrogens is 244 g/mol. The van der Waals surface area contributed by atoms with Gasteiger partial charge in [-0.25, -0.2) is 8.78 Å². The second-order valence-electron chi connectivity index (χ2n) is 6.18. The molecular formula is C16H23F2N. The molecule has 0 aliphatic heterocycles. The van der Waals surface area contributed by atoms with Crippen molar-refractivity contribution in [3.8, 4) is 0 Å². The highest BCUT2D eigenvalue weighted by Crippen LogP contribution is 2.17. The Morgan fingerprint density at radius 2 is 1.68 bits per heavy atom. The smallest absolute Gasteiger partial charge is 0.126 e. The van der Waals surface area contributed by atoms with E-state index in [2.05, 4.69) is 39.9 Å². The van der Waals surface area contributed by atoms with E-state index in [-0.39, 0.29) is 5.54 Å². The van der Waals surface area contributed by atoms with Gasteiger partial charge in [0.05, 0.1) is 0 Å². The molecule has 0 unspecified atom stereocenters. The first kappa shape index (κ1) is 15.8. The summed E-state index contributed by atoms with van der Waals surface area (Å²) in [7, 11) is 0. The summed E-state index contributed by atoms with van der Waals surface area (Å²) < 4.78 is 26.3. The molecule has 0 radical (unpaired) electrons. The van der Waals surface area contributed by atoms with Crippen LogP contribution in [0.15, 0.2) is 23.8 Å². The zero-order valence-corrected chi connectivity index (χ0v) is 12.3. The van der Waals surface area contributed by atoms with E-state index in [1.165, 1.54) is 12.1 Å². The van der Waals surface area contributed by atoms with Crippen molar-refractivity contribution in [2.24, 2.45) is 5.92 Å². The van der Waals surface area contributed by atoms with Gasteiger partial charge < -0.3 is 5.32 Å². The number of halogens is 2. The molecule has 0 spiro atoms. The highest BCUT2D eigenvalue weighted by Gasteiger charge is 2.11. The van der Waals surface area contributed by atoms with Crippen molar-refractivity contribution in [3.05, 3.63) is 41.0 Å². The van der Waals surface area contributed by atoms with Crippen molar-refractivity contribution in [3.63, 3.8) is 0 Å². The Bertz CT molecular complexity index is 436. The number of nitrogens with one attached hydrogen (secondary N) is 1. The maximum atomic E-state index is 13.2. The highest BCUT2D eigenvalue weighted by atomic mass is 19.1. The van der Waals surface area contributed by atoms with Crippen molar-refractivity contribution in [2.45, 2.75) is 40.2 Å². The molecule has 3 heteroatoms. The van der Waals surface area contributed by atoms with Crippen LogP contribution in [0.5, 0.6) is 0 Å². The molecule has 1 aromatic rings. The van der Waals surface area contributed by atoms with Gasteiger partial charge in [-0.05, 0) is 44.4 Å². The number of rotatable bonds is 4. The van der Waals surface area contributed by atoms with Crippen LogP contribution in [0.4, 0.5) is 8.78 Å². The Morgan fingerprint density at radius 3 is 2.11 bits per heavy atom. The fraction of sp³-hybridized carbons (Fsp3) is 0.500. The van der Waals surface area contributed by atoms with Gasteiger partial charge in [-0.2, -0.15) is 0 Å². The molecule has 0 aromatic heterocycles. The molecule has 0 aliphatic rings.